The van der Waals surface area contributed by atoms with E-state index in [0.29, 0.717) is 22.0 Å². The van der Waals surface area contributed by atoms with E-state index in [1.54, 1.807) is 22.9 Å². The summed E-state index contributed by atoms with van der Waals surface area (Å²) < 4.78 is 2.46. The fourth-order valence-corrected chi connectivity index (χ4v) is 2.97. The molecule has 126 valence electrons. The molecule has 0 unspecified atom stereocenters. The van der Waals surface area contributed by atoms with Crippen LogP contribution in [0.25, 0.3) is 5.69 Å². The maximum absolute atomic E-state index is 12.1. The first kappa shape index (κ1) is 17.4. The number of halogens is 2. The number of amides is 1. The quantitative estimate of drug-likeness (QED) is 0.506. The van der Waals surface area contributed by atoms with E-state index in [0.717, 1.165) is 10.2 Å². The number of hydrazone groups is 1. The first-order valence-corrected chi connectivity index (χ1v) is 8.63. The predicted octanol–water partition coefficient (Wildman–Crippen LogP) is 4.36. The summed E-state index contributed by atoms with van der Waals surface area (Å²) in [6.45, 7) is 1.84. The summed E-state index contributed by atoms with van der Waals surface area (Å²) in [5.74, 6) is -0.304. The van der Waals surface area contributed by atoms with Crippen LogP contribution in [-0.2, 0) is 0 Å². The number of para-hydroxylation sites is 1. The van der Waals surface area contributed by atoms with Crippen LogP contribution in [0.2, 0.25) is 5.15 Å². The third kappa shape index (κ3) is 3.97. The Bertz CT molecular complexity index is 938. The topological polar surface area (TPSA) is 59.3 Å². The zero-order chi connectivity index (χ0) is 17.8. The average Bonchev–Trinajstić information content (AvgIpc) is 2.90. The number of rotatable bonds is 4. The molecule has 0 radical (unpaired) electrons. The summed E-state index contributed by atoms with van der Waals surface area (Å²) in [6.07, 6.45) is 1.50. The lowest BCUT2D eigenvalue weighted by Crippen LogP contribution is -2.17. The van der Waals surface area contributed by atoms with Gasteiger partial charge >= 0.3 is 0 Å². The molecule has 3 aromatic rings. The van der Waals surface area contributed by atoms with Gasteiger partial charge in [-0.25, -0.2) is 10.1 Å². The smallest absolute Gasteiger partial charge is 0.267 e. The summed E-state index contributed by atoms with van der Waals surface area (Å²) in [5, 5.41) is 8.86. The third-order valence-corrected chi connectivity index (χ3v) is 4.35. The molecule has 1 amide bonds. The van der Waals surface area contributed by atoms with Crippen molar-refractivity contribution >= 4 is 39.7 Å². The molecule has 1 heterocycles. The third-order valence-electron chi connectivity index (χ3n) is 3.50. The lowest BCUT2D eigenvalue weighted by atomic mass is 10.2. The molecule has 1 N–H and O–H groups in total. The van der Waals surface area contributed by atoms with Crippen LogP contribution in [0.3, 0.4) is 0 Å². The number of nitrogens with zero attached hydrogens (tertiary/aromatic N) is 3. The molecule has 0 aliphatic carbocycles. The second-order valence-electron chi connectivity index (χ2n) is 5.25. The van der Waals surface area contributed by atoms with Gasteiger partial charge in [0.1, 0.15) is 5.15 Å². The number of aryl methyl sites for hydroxylation is 1. The molecule has 5 nitrogen and oxygen atoms in total. The number of carbonyl (C=O) groups is 1. The summed E-state index contributed by atoms with van der Waals surface area (Å²) >= 11 is 9.74. The van der Waals surface area contributed by atoms with Crippen LogP contribution in [-0.4, -0.2) is 21.9 Å². The van der Waals surface area contributed by atoms with Gasteiger partial charge in [0, 0.05) is 10.0 Å². The van der Waals surface area contributed by atoms with Crippen LogP contribution in [0.4, 0.5) is 0 Å². The normalized spacial score (nSPS) is 11.0. The maximum Gasteiger partial charge on any atom is 0.271 e. The predicted molar refractivity (Wildman–Crippen MR) is 103 cm³/mol. The van der Waals surface area contributed by atoms with Crippen LogP contribution in [0.5, 0.6) is 0 Å². The average molecular weight is 418 g/mol. The molecule has 2 aromatic carbocycles. The van der Waals surface area contributed by atoms with Crippen molar-refractivity contribution in [1.29, 1.82) is 0 Å². The first-order chi connectivity index (χ1) is 12.1. The number of benzene rings is 2. The highest BCUT2D eigenvalue weighted by Crippen LogP contribution is 2.21. The molecule has 1 aromatic heterocycles. The van der Waals surface area contributed by atoms with E-state index in [2.05, 4.69) is 31.6 Å². The van der Waals surface area contributed by atoms with Crippen molar-refractivity contribution < 1.29 is 4.79 Å². The van der Waals surface area contributed by atoms with Gasteiger partial charge in [-0.3, -0.25) is 4.79 Å². The molecule has 0 saturated carbocycles. The molecule has 0 aliphatic heterocycles. The molecule has 3 rings (SSSR count). The van der Waals surface area contributed by atoms with Crippen molar-refractivity contribution in [2.75, 3.05) is 0 Å². The van der Waals surface area contributed by atoms with E-state index in [9.17, 15) is 4.79 Å². The van der Waals surface area contributed by atoms with E-state index in [1.807, 2.05) is 43.3 Å². The standard InChI is InChI=1S/C18H14BrClN4O/c1-12-16(17(20)24(23-12)15-8-3-2-4-9-15)11-21-22-18(25)13-6-5-7-14(19)10-13/h2-11H,1H3,(H,22,25)/b21-11-. The first-order valence-electron chi connectivity index (χ1n) is 7.46. The molecule has 0 saturated heterocycles. The monoisotopic (exact) mass is 416 g/mol. The zero-order valence-corrected chi connectivity index (χ0v) is 15.6. The van der Waals surface area contributed by atoms with E-state index in [4.69, 9.17) is 11.6 Å². The number of hydrogen-bond acceptors (Lipinski definition) is 3. The minimum Gasteiger partial charge on any atom is -0.267 e. The summed E-state index contributed by atoms with van der Waals surface area (Å²) in [7, 11) is 0. The van der Waals surface area contributed by atoms with Gasteiger partial charge in [0.2, 0.25) is 0 Å². The molecule has 7 heteroatoms. The molecule has 25 heavy (non-hydrogen) atoms. The van der Waals surface area contributed by atoms with Gasteiger partial charge in [-0.2, -0.15) is 10.2 Å². The van der Waals surface area contributed by atoms with Gasteiger partial charge in [0.05, 0.1) is 23.2 Å². The van der Waals surface area contributed by atoms with Crippen LogP contribution in [0, 0.1) is 6.92 Å². The zero-order valence-electron chi connectivity index (χ0n) is 13.3. The van der Waals surface area contributed by atoms with E-state index in [1.165, 1.54) is 6.21 Å². The number of nitrogens with one attached hydrogen (secondary N) is 1. The number of aromatic nitrogens is 2. The maximum atomic E-state index is 12.1. The molecular weight excluding hydrogens is 404 g/mol. The largest absolute Gasteiger partial charge is 0.271 e. The summed E-state index contributed by atoms with van der Waals surface area (Å²) in [4.78, 5) is 12.1. The van der Waals surface area contributed by atoms with Gasteiger partial charge in [-0.1, -0.05) is 51.8 Å². The lowest BCUT2D eigenvalue weighted by Gasteiger charge is -2.02. The Balaban J connectivity index is 1.78. The van der Waals surface area contributed by atoms with Gasteiger partial charge in [0.25, 0.3) is 5.91 Å². The highest BCUT2D eigenvalue weighted by atomic mass is 79.9. The number of carbonyl (C=O) groups excluding carboxylic acids is 1. The molecule has 0 bridgehead atoms. The Morgan fingerprint density at radius 3 is 2.72 bits per heavy atom. The second kappa shape index (κ2) is 7.63. The van der Waals surface area contributed by atoms with E-state index < -0.39 is 0 Å². The fraction of sp³-hybridized carbons (Fsp3) is 0.0556. The minimum atomic E-state index is -0.304. The molecule has 0 atom stereocenters. The Labute approximate surface area is 158 Å². The van der Waals surface area contributed by atoms with Crippen molar-refractivity contribution in [3.63, 3.8) is 0 Å². The Kier molecular flexibility index (Phi) is 5.31. The van der Waals surface area contributed by atoms with E-state index >= 15 is 0 Å². The Hall–Kier alpha value is -2.44. The second-order valence-corrected chi connectivity index (χ2v) is 6.52. The van der Waals surface area contributed by atoms with Crippen molar-refractivity contribution in [3.8, 4) is 5.69 Å². The van der Waals surface area contributed by atoms with Crippen molar-refractivity contribution in [2.45, 2.75) is 6.92 Å². The van der Waals surface area contributed by atoms with Gasteiger partial charge in [-0.15, -0.1) is 0 Å². The fourth-order valence-electron chi connectivity index (χ4n) is 2.25. The van der Waals surface area contributed by atoms with Crippen LogP contribution in [0.1, 0.15) is 21.6 Å². The molecule has 0 spiro atoms. The molecule has 0 aliphatic rings. The van der Waals surface area contributed by atoms with Crippen LogP contribution < -0.4 is 5.43 Å². The van der Waals surface area contributed by atoms with Gasteiger partial charge in [0.15, 0.2) is 0 Å². The molecule has 0 fully saturated rings. The van der Waals surface area contributed by atoms with Crippen molar-refractivity contribution in [2.24, 2.45) is 5.10 Å². The highest BCUT2D eigenvalue weighted by Gasteiger charge is 2.13. The van der Waals surface area contributed by atoms with Crippen LogP contribution >= 0.6 is 27.5 Å². The van der Waals surface area contributed by atoms with Gasteiger partial charge in [-0.05, 0) is 37.3 Å². The van der Waals surface area contributed by atoms with E-state index in [-0.39, 0.29) is 5.91 Å². The Morgan fingerprint density at radius 1 is 1.24 bits per heavy atom. The molecular formula is C18H14BrClN4O. The highest BCUT2D eigenvalue weighted by molar-refractivity contribution is 9.10. The SMILES string of the molecule is Cc1nn(-c2ccccc2)c(Cl)c1/C=N\NC(=O)c1cccc(Br)c1. The summed E-state index contributed by atoms with van der Waals surface area (Å²) in [6, 6.07) is 16.6. The van der Waals surface area contributed by atoms with Gasteiger partial charge < -0.3 is 0 Å². The van der Waals surface area contributed by atoms with Crippen molar-refractivity contribution in [1.82, 2.24) is 15.2 Å². The minimum absolute atomic E-state index is 0.304. The van der Waals surface area contributed by atoms with Crippen molar-refractivity contribution in [3.05, 3.63) is 81.0 Å². The summed E-state index contributed by atoms with van der Waals surface area (Å²) in [5.41, 5.74) is 5.23. The lowest BCUT2D eigenvalue weighted by molar-refractivity contribution is 0.0955. The Morgan fingerprint density at radius 2 is 2.00 bits per heavy atom. The number of hydrogen-bond donors (Lipinski definition) is 1. The van der Waals surface area contributed by atoms with Crippen LogP contribution in [0.15, 0.2) is 64.2 Å².